The highest BCUT2D eigenvalue weighted by Gasteiger charge is 2.47. The molecule has 0 heterocycles. The number of hydrogen-bond acceptors (Lipinski definition) is 6. The van der Waals surface area contributed by atoms with E-state index in [1.807, 2.05) is 0 Å². The van der Waals surface area contributed by atoms with Crippen molar-refractivity contribution in [3.8, 4) is 11.5 Å². The van der Waals surface area contributed by atoms with E-state index in [9.17, 15) is 26.4 Å². The average Bonchev–Trinajstić information content (AvgIpc) is 2.52. The normalized spacial score (nSPS) is 13.3. The van der Waals surface area contributed by atoms with Gasteiger partial charge in [-0.2, -0.15) is 21.6 Å². The molecular weight excluding hydrogens is 365 g/mol. The summed E-state index contributed by atoms with van der Waals surface area (Å²) in [5.41, 5.74) is -5.55. The highest BCUT2D eigenvalue weighted by atomic mass is 32.2. The summed E-state index contributed by atoms with van der Waals surface area (Å²) in [6.45, 7) is 2.78. The van der Waals surface area contributed by atoms with Gasteiger partial charge in [-0.15, -0.1) is 0 Å². The Balaban J connectivity index is 2.84. The van der Waals surface area contributed by atoms with Crippen molar-refractivity contribution in [1.29, 1.82) is 0 Å². The molecule has 1 rings (SSSR count). The number of hydrogen-bond donors (Lipinski definition) is 0. The summed E-state index contributed by atoms with van der Waals surface area (Å²) in [6, 6.07) is 6.26. The van der Waals surface area contributed by atoms with Crippen molar-refractivity contribution >= 4 is 16.1 Å². The van der Waals surface area contributed by atoms with Crippen molar-refractivity contribution < 1.29 is 40.0 Å². The quantitative estimate of drug-likeness (QED) is 0.281. The number of rotatable bonds is 9. The fraction of sp³-hybridized carbons (Fsp3) is 0.533. The van der Waals surface area contributed by atoms with Gasteiger partial charge >= 0.3 is 21.6 Å². The molecule has 1 aromatic rings. The van der Waals surface area contributed by atoms with E-state index in [4.69, 9.17) is 9.47 Å². The first kappa shape index (κ1) is 21.2. The fourth-order valence-electron chi connectivity index (χ4n) is 1.86. The van der Waals surface area contributed by atoms with Gasteiger partial charge in [0, 0.05) is 0 Å². The van der Waals surface area contributed by atoms with E-state index in [2.05, 4.69) is 4.18 Å². The molecule has 142 valence electrons. The van der Waals surface area contributed by atoms with Gasteiger partial charge in [0.25, 0.3) is 0 Å². The number of benzene rings is 1. The molecule has 0 aromatic heterocycles. The minimum absolute atomic E-state index is 0.0918. The van der Waals surface area contributed by atoms with Crippen LogP contribution in [0.2, 0.25) is 0 Å². The van der Waals surface area contributed by atoms with E-state index in [1.165, 1.54) is 6.07 Å². The zero-order chi connectivity index (χ0) is 19.1. The van der Waals surface area contributed by atoms with Gasteiger partial charge in [0.1, 0.15) is 0 Å². The number of ether oxygens (including phenoxy) is 2. The van der Waals surface area contributed by atoms with Gasteiger partial charge in [0.2, 0.25) is 0 Å². The van der Waals surface area contributed by atoms with Crippen molar-refractivity contribution in [2.75, 3.05) is 13.2 Å². The fourth-order valence-corrected chi connectivity index (χ4v) is 2.33. The first-order chi connectivity index (χ1) is 11.6. The summed E-state index contributed by atoms with van der Waals surface area (Å²) in [4.78, 5) is 12.2. The summed E-state index contributed by atoms with van der Waals surface area (Å²) >= 11 is 0. The van der Waals surface area contributed by atoms with Crippen LogP contribution in [0, 0.1) is 5.92 Å². The number of esters is 1. The number of carbonyl (C=O) groups is 1. The Labute approximate surface area is 144 Å². The Morgan fingerprint density at radius 1 is 1.16 bits per heavy atom. The van der Waals surface area contributed by atoms with Crippen LogP contribution >= 0.6 is 0 Å². The molecule has 1 atom stereocenters. The predicted molar refractivity (Wildman–Crippen MR) is 82.6 cm³/mol. The number of carbonyl (C=O) groups excluding carboxylic acids is 1. The second-order valence-electron chi connectivity index (χ2n) is 4.97. The molecule has 0 amide bonds. The van der Waals surface area contributed by atoms with Gasteiger partial charge in [-0.3, -0.25) is 8.98 Å². The summed E-state index contributed by atoms with van der Waals surface area (Å²) in [6.07, 6.45) is 0.519. The molecular formula is C15H19F3O6S. The number of alkyl halides is 3. The molecule has 0 saturated heterocycles. The van der Waals surface area contributed by atoms with Crippen LogP contribution in [0.3, 0.4) is 0 Å². The molecule has 0 N–H and O–H groups in total. The highest BCUT2D eigenvalue weighted by Crippen LogP contribution is 2.29. The molecule has 0 radical (unpaired) electrons. The molecule has 0 bridgehead atoms. The van der Waals surface area contributed by atoms with E-state index in [0.717, 1.165) is 0 Å². The van der Waals surface area contributed by atoms with Crippen LogP contribution in [-0.2, 0) is 19.1 Å². The summed E-state index contributed by atoms with van der Waals surface area (Å²) in [5, 5.41) is 0. The molecule has 10 heteroatoms. The van der Waals surface area contributed by atoms with Crippen molar-refractivity contribution in [3.05, 3.63) is 24.3 Å². The lowest BCUT2D eigenvalue weighted by Crippen LogP contribution is -2.31. The highest BCUT2D eigenvalue weighted by molar-refractivity contribution is 7.87. The van der Waals surface area contributed by atoms with Crippen LogP contribution in [0.5, 0.6) is 11.5 Å². The summed E-state index contributed by atoms with van der Waals surface area (Å²) < 4.78 is 73.2. The zero-order valence-corrected chi connectivity index (χ0v) is 14.5. The van der Waals surface area contributed by atoms with Crippen LogP contribution in [0.4, 0.5) is 13.2 Å². The lowest BCUT2D eigenvalue weighted by atomic mass is 10.1. The molecule has 25 heavy (non-hydrogen) atoms. The third-order valence-corrected chi connectivity index (χ3v) is 4.05. The predicted octanol–water partition coefficient (Wildman–Crippen LogP) is 3.27. The maximum atomic E-state index is 12.3. The molecule has 0 aliphatic heterocycles. The zero-order valence-electron chi connectivity index (χ0n) is 13.7. The molecule has 6 nitrogen and oxygen atoms in total. The van der Waals surface area contributed by atoms with E-state index in [1.54, 1.807) is 32.0 Å². The minimum Gasteiger partial charge on any atom is -0.490 e. The van der Waals surface area contributed by atoms with Crippen LogP contribution < -0.4 is 9.47 Å². The maximum absolute atomic E-state index is 12.3. The van der Waals surface area contributed by atoms with Crippen LogP contribution in [0.1, 0.15) is 26.7 Å². The maximum Gasteiger partial charge on any atom is 0.523 e. The monoisotopic (exact) mass is 384 g/mol. The van der Waals surface area contributed by atoms with Crippen LogP contribution in [-0.4, -0.2) is 33.1 Å². The van der Waals surface area contributed by atoms with Crippen molar-refractivity contribution in [1.82, 2.24) is 0 Å². The van der Waals surface area contributed by atoms with Gasteiger partial charge < -0.3 is 9.47 Å². The Morgan fingerprint density at radius 2 is 1.76 bits per heavy atom. The second kappa shape index (κ2) is 9.04. The molecule has 1 aromatic carbocycles. The lowest BCUT2D eigenvalue weighted by Gasteiger charge is -2.17. The van der Waals surface area contributed by atoms with E-state index < -0.39 is 34.1 Å². The molecule has 1 unspecified atom stereocenters. The molecule has 0 aliphatic rings. The molecule has 0 fully saturated rings. The molecule has 0 aliphatic carbocycles. The number of halogens is 3. The largest absolute Gasteiger partial charge is 0.523 e. The SMILES string of the molecule is CCCC(COS(=O)(=O)C(F)(F)F)C(=O)Oc1ccccc1OCC. The second-order valence-corrected chi connectivity index (χ2v) is 6.58. The lowest BCUT2D eigenvalue weighted by molar-refractivity contribution is -0.140. The van der Waals surface area contributed by atoms with Crippen LogP contribution in [0.15, 0.2) is 24.3 Å². The van der Waals surface area contributed by atoms with E-state index >= 15 is 0 Å². The van der Waals surface area contributed by atoms with Crippen LogP contribution in [0.25, 0.3) is 0 Å². The molecule has 0 spiro atoms. The van der Waals surface area contributed by atoms with E-state index in [0.29, 0.717) is 13.0 Å². The first-order valence-corrected chi connectivity index (χ1v) is 8.92. The van der Waals surface area contributed by atoms with Gasteiger partial charge in [-0.1, -0.05) is 25.5 Å². The van der Waals surface area contributed by atoms with Crippen molar-refractivity contribution in [3.63, 3.8) is 0 Å². The third kappa shape index (κ3) is 6.20. The van der Waals surface area contributed by atoms with Gasteiger partial charge in [0.05, 0.1) is 19.1 Å². The Morgan fingerprint density at radius 3 is 2.28 bits per heavy atom. The van der Waals surface area contributed by atoms with Crippen molar-refractivity contribution in [2.24, 2.45) is 5.92 Å². The standard InChI is InChI=1S/C15H19F3O6S/c1-3-7-11(10-23-25(20,21)15(16,17)18)14(19)24-13-9-6-5-8-12(13)22-4-2/h5-6,8-9,11H,3-4,7,10H2,1-2H3. The Bertz CT molecular complexity index is 672. The summed E-state index contributed by atoms with van der Waals surface area (Å²) in [5.74, 6) is -1.69. The average molecular weight is 384 g/mol. The van der Waals surface area contributed by atoms with Gasteiger partial charge in [-0.25, -0.2) is 0 Å². The number of para-hydroxylation sites is 2. The topological polar surface area (TPSA) is 78.9 Å². The molecule has 0 saturated carbocycles. The Kier molecular flexibility index (Phi) is 7.68. The van der Waals surface area contributed by atoms with E-state index in [-0.39, 0.29) is 17.9 Å². The minimum atomic E-state index is -5.77. The first-order valence-electron chi connectivity index (χ1n) is 7.51. The van der Waals surface area contributed by atoms with Gasteiger partial charge in [-0.05, 0) is 25.5 Å². The third-order valence-electron chi connectivity index (χ3n) is 3.04. The Hall–Kier alpha value is -1.81. The van der Waals surface area contributed by atoms with Gasteiger partial charge in [0.15, 0.2) is 11.5 Å². The smallest absolute Gasteiger partial charge is 0.490 e. The summed E-state index contributed by atoms with van der Waals surface area (Å²) in [7, 11) is -5.77. The van der Waals surface area contributed by atoms with Crippen molar-refractivity contribution in [2.45, 2.75) is 32.2 Å².